The minimum atomic E-state index is -3.70. The van der Waals surface area contributed by atoms with E-state index in [9.17, 15) is 13.2 Å². The number of hydrazine groups is 1. The molecule has 7 heteroatoms. The zero-order valence-corrected chi connectivity index (χ0v) is 10.4. The summed E-state index contributed by atoms with van der Waals surface area (Å²) >= 11 is 0. The largest absolute Gasteiger partial charge is 0.480 e. The Morgan fingerprint density at radius 1 is 1.39 bits per heavy atom. The van der Waals surface area contributed by atoms with Gasteiger partial charge in [-0.05, 0) is 12.0 Å². The SMILES string of the molecule is C=CS(=O)(=O)NN[C@@H](Cc1ccccc1)C(=O)O. The topological polar surface area (TPSA) is 95.5 Å². The van der Waals surface area contributed by atoms with Crippen molar-refractivity contribution in [2.45, 2.75) is 12.5 Å². The number of rotatable bonds is 7. The Bertz CT molecular complexity index is 513. The number of aliphatic carboxylic acids is 1. The van der Waals surface area contributed by atoms with E-state index in [1.165, 1.54) is 0 Å². The van der Waals surface area contributed by atoms with Crippen LogP contribution in [0.5, 0.6) is 0 Å². The highest BCUT2D eigenvalue weighted by atomic mass is 32.2. The van der Waals surface area contributed by atoms with E-state index in [2.05, 4.69) is 12.0 Å². The molecule has 0 saturated carbocycles. The van der Waals surface area contributed by atoms with E-state index in [4.69, 9.17) is 5.11 Å². The lowest BCUT2D eigenvalue weighted by Crippen LogP contribution is -2.48. The molecular formula is C11H14N2O4S. The quantitative estimate of drug-likeness (QED) is 0.617. The highest BCUT2D eigenvalue weighted by Crippen LogP contribution is 2.03. The third kappa shape index (κ3) is 4.66. The second-order valence-corrected chi connectivity index (χ2v) is 5.17. The molecule has 0 spiro atoms. The first kappa shape index (κ1) is 14.4. The Hall–Kier alpha value is -1.70. The Labute approximate surface area is 105 Å². The van der Waals surface area contributed by atoms with Crippen molar-refractivity contribution in [2.24, 2.45) is 0 Å². The predicted octanol–water partition coefficient (Wildman–Crippen LogP) is 0.250. The minimum Gasteiger partial charge on any atom is -0.480 e. The first-order valence-corrected chi connectivity index (χ1v) is 6.66. The molecule has 1 atom stereocenters. The number of hydrogen-bond acceptors (Lipinski definition) is 4. The van der Waals surface area contributed by atoms with Crippen LogP contribution in [0, 0.1) is 0 Å². The smallest absolute Gasteiger partial charge is 0.322 e. The molecule has 1 aromatic rings. The molecule has 0 aliphatic heterocycles. The molecule has 18 heavy (non-hydrogen) atoms. The van der Waals surface area contributed by atoms with Gasteiger partial charge in [0.25, 0.3) is 0 Å². The molecule has 0 aliphatic carbocycles. The average molecular weight is 270 g/mol. The van der Waals surface area contributed by atoms with Crippen molar-refractivity contribution >= 4 is 16.0 Å². The molecule has 3 N–H and O–H groups in total. The molecule has 0 fully saturated rings. The van der Waals surface area contributed by atoms with Crippen LogP contribution in [-0.2, 0) is 21.2 Å². The Morgan fingerprint density at radius 2 is 2.00 bits per heavy atom. The predicted molar refractivity (Wildman–Crippen MR) is 67.0 cm³/mol. The monoisotopic (exact) mass is 270 g/mol. The van der Waals surface area contributed by atoms with Crippen LogP contribution in [0.2, 0.25) is 0 Å². The van der Waals surface area contributed by atoms with Gasteiger partial charge in [0.05, 0.1) is 0 Å². The molecule has 0 amide bonds. The van der Waals surface area contributed by atoms with E-state index in [1.54, 1.807) is 24.3 Å². The van der Waals surface area contributed by atoms with Crippen LogP contribution in [0.1, 0.15) is 5.56 Å². The van der Waals surface area contributed by atoms with E-state index >= 15 is 0 Å². The number of carboxylic acids is 1. The van der Waals surface area contributed by atoms with Gasteiger partial charge in [0, 0.05) is 5.41 Å². The van der Waals surface area contributed by atoms with Crippen LogP contribution in [0.3, 0.4) is 0 Å². The lowest BCUT2D eigenvalue weighted by atomic mass is 10.1. The summed E-state index contributed by atoms with van der Waals surface area (Å²) in [6.45, 7) is 3.10. The fourth-order valence-electron chi connectivity index (χ4n) is 1.24. The number of benzene rings is 1. The fourth-order valence-corrected chi connectivity index (χ4v) is 1.63. The van der Waals surface area contributed by atoms with E-state index < -0.39 is 22.0 Å². The van der Waals surface area contributed by atoms with Gasteiger partial charge in [-0.2, -0.15) is 0 Å². The van der Waals surface area contributed by atoms with Gasteiger partial charge >= 0.3 is 5.97 Å². The molecule has 0 saturated heterocycles. The molecule has 0 radical (unpaired) electrons. The number of carbonyl (C=O) groups is 1. The van der Waals surface area contributed by atoms with Gasteiger partial charge in [-0.15, -0.1) is 4.83 Å². The molecule has 0 bridgehead atoms. The van der Waals surface area contributed by atoms with Crippen molar-refractivity contribution in [1.29, 1.82) is 0 Å². The van der Waals surface area contributed by atoms with Crippen LogP contribution in [-0.4, -0.2) is 25.5 Å². The van der Waals surface area contributed by atoms with Gasteiger partial charge in [0.1, 0.15) is 6.04 Å². The van der Waals surface area contributed by atoms with Crippen molar-refractivity contribution in [2.75, 3.05) is 0 Å². The van der Waals surface area contributed by atoms with Crippen LogP contribution in [0.25, 0.3) is 0 Å². The van der Waals surface area contributed by atoms with Crippen LogP contribution in [0.15, 0.2) is 42.3 Å². The minimum absolute atomic E-state index is 0.163. The summed E-state index contributed by atoms with van der Waals surface area (Å²) in [7, 11) is -3.70. The van der Waals surface area contributed by atoms with E-state index in [0.717, 1.165) is 5.56 Å². The average Bonchev–Trinajstić information content (AvgIpc) is 2.35. The molecule has 1 rings (SSSR count). The Kier molecular flexibility index (Phi) is 5.02. The molecule has 0 aliphatic rings. The maximum Gasteiger partial charge on any atom is 0.322 e. The molecular weight excluding hydrogens is 256 g/mol. The second kappa shape index (κ2) is 6.29. The Morgan fingerprint density at radius 3 is 2.50 bits per heavy atom. The van der Waals surface area contributed by atoms with Crippen LogP contribution < -0.4 is 10.3 Å². The summed E-state index contributed by atoms with van der Waals surface area (Å²) in [5, 5.41) is 9.68. The standard InChI is InChI=1S/C11H14N2O4S/c1-2-18(16,17)13-12-10(11(14)15)8-9-6-4-3-5-7-9/h2-7,10,12-13H,1,8H2,(H,14,15)/t10-/m0/s1. The van der Waals surface area contributed by atoms with Crippen molar-refractivity contribution in [3.8, 4) is 0 Å². The van der Waals surface area contributed by atoms with E-state index in [1.807, 2.05) is 10.9 Å². The number of carboxylic acid groups (broad SMARTS) is 1. The zero-order valence-electron chi connectivity index (χ0n) is 9.54. The van der Waals surface area contributed by atoms with Crippen LogP contribution in [0.4, 0.5) is 0 Å². The highest BCUT2D eigenvalue weighted by Gasteiger charge is 2.19. The maximum absolute atomic E-state index is 11.1. The number of hydrogen-bond donors (Lipinski definition) is 3. The molecule has 6 nitrogen and oxygen atoms in total. The molecule has 98 valence electrons. The van der Waals surface area contributed by atoms with Crippen molar-refractivity contribution in [3.05, 3.63) is 47.9 Å². The van der Waals surface area contributed by atoms with Crippen LogP contribution >= 0.6 is 0 Å². The van der Waals surface area contributed by atoms with Crippen molar-refractivity contribution in [3.63, 3.8) is 0 Å². The van der Waals surface area contributed by atoms with Gasteiger partial charge in [-0.25, -0.2) is 13.8 Å². The third-order valence-electron chi connectivity index (χ3n) is 2.18. The third-order valence-corrected chi connectivity index (χ3v) is 3.02. The van der Waals surface area contributed by atoms with Crippen molar-refractivity contribution < 1.29 is 18.3 Å². The zero-order chi connectivity index (χ0) is 13.6. The fraction of sp³-hybridized carbons (Fsp3) is 0.182. The maximum atomic E-state index is 11.1. The summed E-state index contributed by atoms with van der Waals surface area (Å²) in [4.78, 5) is 12.9. The summed E-state index contributed by atoms with van der Waals surface area (Å²) in [6.07, 6.45) is 0.163. The lowest BCUT2D eigenvalue weighted by Gasteiger charge is -2.14. The molecule has 0 aromatic heterocycles. The van der Waals surface area contributed by atoms with Crippen molar-refractivity contribution in [1.82, 2.24) is 10.3 Å². The Balaban J connectivity index is 2.67. The lowest BCUT2D eigenvalue weighted by molar-refractivity contribution is -0.139. The number of sulfonamides is 1. The molecule has 0 unspecified atom stereocenters. The summed E-state index contributed by atoms with van der Waals surface area (Å²) in [5.41, 5.74) is 3.04. The number of nitrogens with one attached hydrogen (secondary N) is 2. The normalized spacial score (nSPS) is 12.9. The van der Waals surface area contributed by atoms with Gasteiger partial charge in [0.15, 0.2) is 0 Å². The first-order valence-electron chi connectivity index (χ1n) is 5.11. The summed E-state index contributed by atoms with van der Waals surface area (Å²) in [6, 6.07) is 7.85. The van der Waals surface area contributed by atoms with Gasteiger partial charge < -0.3 is 5.11 Å². The molecule has 0 heterocycles. The van der Waals surface area contributed by atoms with E-state index in [-0.39, 0.29) is 6.42 Å². The van der Waals surface area contributed by atoms with Gasteiger partial charge in [0.2, 0.25) is 10.0 Å². The summed E-state index contributed by atoms with van der Waals surface area (Å²) in [5.74, 6) is -1.15. The molecule has 1 aromatic carbocycles. The van der Waals surface area contributed by atoms with Gasteiger partial charge in [-0.1, -0.05) is 36.9 Å². The second-order valence-electron chi connectivity index (χ2n) is 3.54. The highest BCUT2D eigenvalue weighted by molar-refractivity contribution is 7.92. The van der Waals surface area contributed by atoms with Gasteiger partial charge in [-0.3, -0.25) is 4.79 Å². The first-order chi connectivity index (χ1) is 8.44. The summed E-state index contributed by atoms with van der Waals surface area (Å²) < 4.78 is 22.2. The van der Waals surface area contributed by atoms with E-state index in [0.29, 0.717) is 5.41 Å².